The highest BCUT2D eigenvalue weighted by Crippen LogP contribution is 2.27. The molecular weight excluding hydrogens is 268 g/mol. The molecule has 0 unspecified atom stereocenters. The third kappa shape index (κ3) is 3.84. The highest BCUT2D eigenvalue weighted by Gasteiger charge is 2.36. The fraction of sp³-hybridized carbons (Fsp3) is 0.700. The highest BCUT2D eigenvalue weighted by atomic mass is 15.4. The molecule has 1 aliphatic rings. The fourth-order valence-electron chi connectivity index (χ4n) is 4.40. The van der Waals surface area contributed by atoms with E-state index < -0.39 is 0 Å². The Kier molecular flexibility index (Phi) is 6.31. The molecule has 0 saturated carbocycles. The molecule has 0 aromatic heterocycles. The van der Waals surface area contributed by atoms with Gasteiger partial charge in [0.05, 0.1) is 26.2 Å². The van der Waals surface area contributed by atoms with Gasteiger partial charge >= 0.3 is 0 Å². The van der Waals surface area contributed by atoms with Crippen molar-refractivity contribution < 1.29 is 4.48 Å². The van der Waals surface area contributed by atoms with E-state index in [0.29, 0.717) is 0 Å². The van der Waals surface area contributed by atoms with E-state index in [0.717, 1.165) is 12.6 Å². The molecule has 1 fully saturated rings. The SMILES string of the molecule is CCC[N+]1([C@H](CC)CNc2c(C)cccc2C)CCCCC1. The zero-order chi connectivity index (χ0) is 16.0. The highest BCUT2D eigenvalue weighted by molar-refractivity contribution is 5.56. The van der Waals surface area contributed by atoms with Crippen LogP contribution in [0.1, 0.15) is 57.1 Å². The molecule has 1 saturated heterocycles. The van der Waals surface area contributed by atoms with Gasteiger partial charge in [0.2, 0.25) is 0 Å². The molecule has 2 nitrogen and oxygen atoms in total. The molecule has 0 radical (unpaired) electrons. The van der Waals surface area contributed by atoms with Gasteiger partial charge in [-0.2, -0.15) is 0 Å². The molecule has 1 aliphatic heterocycles. The smallest absolute Gasteiger partial charge is 0.106 e. The number of anilines is 1. The molecule has 22 heavy (non-hydrogen) atoms. The normalized spacial score (nSPS) is 18.9. The molecule has 2 rings (SSSR count). The summed E-state index contributed by atoms with van der Waals surface area (Å²) in [5.74, 6) is 0. The van der Waals surface area contributed by atoms with Crippen molar-refractivity contribution in [2.45, 2.75) is 65.8 Å². The number of nitrogens with zero attached hydrogens (tertiary/aromatic N) is 1. The Hall–Kier alpha value is -1.02. The van der Waals surface area contributed by atoms with Crippen molar-refractivity contribution in [1.82, 2.24) is 0 Å². The lowest BCUT2D eigenvalue weighted by atomic mass is 10.00. The lowest BCUT2D eigenvalue weighted by molar-refractivity contribution is -0.953. The Morgan fingerprint density at radius 1 is 1.05 bits per heavy atom. The second-order valence-electron chi connectivity index (χ2n) is 7.16. The molecule has 1 aromatic rings. The van der Waals surface area contributed by atoms with Gasteiger partial charge in [-0.1, -0.05) is 32.0 Å². The first kappa shape index (κ1) is 17.3. The number of aryl methyl sites for hydroxylation is 2. The van der Waals surface area contributed by atoms with Crippen LogP contribution in [0, 0.1) is 13.8 Å². The van der Waals surface area contributed by atoms with Crippen LogP contribution < -0.4 is 5.32 Å². The van der Waals surface area contributed by atoms with Crippen molar-refractivity contribution in [2.75, 3.05) is 31.5 Å². The maximum atomic E-state index is 3.80. The second kappa shape index (κ2) is 8.01. The summed E-state index contributed by atoms with van der Waals surface area (Å²) >= 11 is 0. The van der Waals surface area contributed by atoms with Crippen molar-refractivity contribution in [3.63, 3.8) is 0 Å². The van der Waals surface area contributed by atoms with Crippen LogP contribution in [0.5, 0.6) is 0 Å². The maximum absolute atomic E-state index is 3.80. The number of piperidine rings is 1. The van der Waals surface area contributed by atoms with E-state index in [2.05, 4.69) is 51.2 Å². The van der Waals surface area contributed by atoms with E-state index in [1.54, 1.807) is 0 Å². The predicted octanol–water partition coefficient (Wildman–Crippen LogP) is 4.90. The Morgan fingerprint density at radius 3 is 2.23 bits per heavy atom. The zero-order valence-electron chi connectivity index (χ0n) is 15.1. The number of hydrogen-bond acceptors (Lipinski definition) is 1. The molecule has 0 bridgehead atoms. The van der Waals surface area contributed by atoms with E-state index in [-0.39, 0.29) is 0 Å². The molecule has 0 aliphatic carbocycles. The van der Waals surface area contributed by atoms with Gasteiger partial charge in [-0.3, -0.25) is 0 Å². The van der Waals surface area contributed by atoms with Crippen LogP contribution >= 0.6 is 0 Å². The zero-order valence-corrected chi connectivity index (χ0v) is 15.1. The van der Waals surface area contributed by atoms with Crippen LogP contribution in [-0.4, -0.2) is 36.7 Å². The van der Waals surface area contributed by atoms with Crippen molar-refractivity contribution in [3.05, 3.63) is 29.3 Å². The summed E-state index contributed by atoms with van der Waals surface area (Å²) in [6.45, 7) is 14.4. The minimum atomic E-state index is 0.749. The summed E-state index contributed by atoms with van der Waals surface area (Å²) in [5.41, 5.74) is 4.10. The minimum Gasteiger partial charge on any atom is -0.379 e. The van der Waals surface area contributed by atoms with Gasteiger partial charge in [0.15, 0.2) is 0 Å². The predicted molar refractivity (Wildman–Crippen MR) is 97.5 cm³/mol. The summed E-state index contributed by atoms with van der Waals surface area (Å²) < 4.78 is 1.35. The largest absolute Gasteiger partial charge is 0.379 e. The molecule has 0 spiro atoms. The van der Waals surface area contributed by atoms with Gasteiger partial charge in [-0.25, -0.2) is 0 Å². The second-order valence-corrected chi connectivity index (χ2v) is 7.16. The van der Waals surface area contributed by atoms with E-state index in [4.69, 9.17) is 0 Å². The van der Waals surface area contributed by atoms with E-state index in [9.17, 15) is 0 Å². The molecule has 124 valence electrons. The van der Waals surface area contributed by atoms with Gasteiger partial charge in [-0.05, 0) is 57.1 Å². The fourth-order valence-corrected chi connectivity index (χ4v) is 4.40. The molecule has 1 heterocycles. The molecular formula is C20H35N2+. The molecule has 1 aromatic carbocycles. The van der Waals surface area contributed by atoms with E-state index in [1.165, 1.54) is 73.0 Å². The Morgan fingerprint density at radius 2 is 1.68 bits per heavy atom. The lowest BCUT2D eigenvalue weighted by Gasteiger charge is -2.47. The first-order chi connectivity index (χ1) is 10.6. The van der Waals surface area contributed by atoms with Gasteiger partial charge in [0.25, 0.3) is 0 Å². The van der Waals surface area contributed by atoms with Gasteiger partial charge in [0.1, 0.15) is 6.04 Å². The topological polar surface area (TPSA) is 12.0 Å². The van der Waals surface area contributed by atoms with Crippen LogP contribution in [0.15, 0.2) is 18.2 Å². The van der Waals surface area contributed by atoms with Crippen molar-refractivity contribution in [2.24, 2.45) is 0 Å². The van der Waals surface area contributed by atoms with Crippen molar-refractivity contribution in [3.8, 4) is 0 Å². The Bertz CT molecular complexity index is 435. The molecule has 2 heteroatoms. The minimum absolute atomic E-state index is 0.749. The Labute approximate surface area is 137 Å². The van der Waals surface area contributed by atoms with Gasteiger partial charge in [0, 0.05) is 5.69 Å². The maximum Gasteiger partial charge on any atom is 0.106 e. The van der Waals surface area contributed by atoms with Crippen LogP contribution in [-0.2, 0) is 0 Å². The third-order valence-corrected chi connectivity index (χ3v) is 5.62. The van der Waals surface area contributed by atoms with E-state index in [1.807, 2.05) is 0 Å². The number of benzene rings is 1. The first-order valence-corrected chi connectivity index (χ1v) is 9.29. The van der Waals surface area contributed by atoms with Crippen molar-refractivity contribution >= 4 is 5.69 Å². The summed E-state index contributed by atoms with van der Waals surface area (Å²) in [6.07, 6.45) is 6.85. The molecule has 0 amide bonds. The summed E-state index contributed by atoms with van der Waals surface area (Å²) in [7, 11) is 0. The number of quaternary nitrogens is 1. The van der Waals surface area contributed by atoms with Crippen molar-refractivity contribution in [1.29, 1.82) is 0 Å². The van der Waals surface area contributed by atoms with Crippen LogP contribution in [0.2, 0.25) is 0 Å². The number of para-hydroxylation sites is 1. The van der Waals surface area contributed by atoms with Gasteiger partial charge in [-0.15, -0.1) is 0 Å². The average molecular weight is 304 g/mol. The van der Waals surface area contributed by atoms with Crippen LogP contribution in [0.4, 0.5) is 5.69 Å². The number of hydrogen-bond donors (Lipinski definition) is 1. The van der Waals surface area contributed by atoms with Crippen LogP contribution in [0.3, 0.4) is 0 Å². The monoisotopic (exact) mass is 303 g/mol. The summed E-state index contributed by atoms with van der Waals surface area (Å²) in [4.78, 5) is 0. The van der Waals surface area contributed by atoms with E-state index >= 15 is 0 Å². The number of nitrogens with one attached hydrogen (secondary N) is 1. The van der Waals surface area contributed by atoms with Gasteiger partial charge < -0.3 is 9.80 Å². The molecule has 1 atom stereocenters. The molecule has 1 N–H and O–H groups in total. The summed E-state index contributed by atoms with van der Waals surface area (Å²) in [5, 5.41) is 3.80. The lowest BCUT2D eigenvalue weighted by Crippen LogP contribution is -2.60. The van der Waals surface area contributed by atoms with Crippen LogP contribution in [0.25, 0.3) is 0 Å². The standard InChI is InChI=1S/C20H35N2/c1-5-13-22(14-8-7-9-15-22)19(6-2)16-21-20-17(3)11-10-12-18(20)4/h10-12,19,21H,5-9,13-16H2,1-4H3/q+1/t19-/m1/s1. The number of rotatable bonds is 7. The quantitative estimate of drug-likeness (QED) is 0.706. The average Bonchev–Trinajstić information content (AvgIpc) is 2.51. The third-order valence-electron chi connectivity index (χ3n) is 5.62. The summed E-state index contributed by atoms with van der Waals surface area (Å²) in [6, 6.07) is 7.34. The Balaban J connectivity index is 2.10. The first-order valence-electron chi connectivity index (χ1n) is 9.29. The number of likely N-dealkylation sites (tertiary alicyclic amines) is 1.